The summed E-state index contributed by atoms with van der Waals surface area (Å²) in [5.74, 6) is 0. The van der Waals surface area contributed by atoms with Crippen LogP contribution in [0.25, 0.3) is 0 Å². The SMILES string of the molecule is Cc1cc(Cl)c(C(Br)c2csc(I)c2)cc1C. The monoisotopic (exact) mass is 440 g/mol. The highest BCUT2D eigenvalue weighted by Gasteiger charge is 2.16. The molecule has 0 radical (unpaired) electrons. The van der Waals surface area contributed by atoms with E-state index >= 15 is 0 Å². The van der Waals surface area contributed by atoms with Crippen LogP contribution in [-0.2, 0) is 0 Å². The molecule has 1 aromatic heterocycles. The summed E-state index contributed by atoms with van der Waals surface area (Å²) < 4.78 is 1.29. The molecule has 2 aromatic rings. The average Bonchev–Trinajstić information content (AvgIpc) is 2.69. The second-order valence-electron chi connectivity index (χ2n) is 4.00. The zero-order chi connectivity index (χ0) is 12.6. The topological polar surface area (TPSA) is 0 Å². The van der Waals surface area contributed by atoms with E-state index in [4.69, 9.17) is 11.6 Å². The van der Waals surface area contributed by atoms with Crippen molar-refractivity contribution in [3.63, 3.8) is 0 Å². The quantitative estimate of drug-likeness (QED) is 0.390. The fourth-order valence-corrected chi connectivity index (χ4v) is 4.31. The third-order valence-corrected chi connectivity index (χ3v) is 5.92. The summed E-state index contributed by atoms with van der Waals surface area (Å²) in [4.78, 5) is 0.175. The molecule has 1 aromatic carbocycles. The van der Waals surface area contributed by atoms with E-state index in [0.717, 1.165) is 10.6 Å². The van der Waals surface area contributed by atoms with Crippen molar-refractivity contribution in [3.8, 4) is 0 Å². The van der Waals surface area contributed by atoms with Crippen molar-refractivity contribution >= 4 is 61.5 Å². The summed E-state index contributed by atoms with van der Waals surface area (Å²) >= 11 is 14.2. The van der Waals surface area contributed by atoms with Crippen molar-refractivity contribution in [1.82, 2.24) is 0 Å². The highest BCUT2D eigenvalue weighted by molar-refractivity contribution is 14.1. The Bertz CT molecular complexity index is 550. The first-order chi connectivity index (χ1) is 7.99. The van der Waals surface area contributed by atoms with E-state index in [0.29, 0.717) is 0 Å². The molecule has 0 nitrogen and oxygen atoms in total. The number of aryl methyl sites for hydroxylation is 2. The van der Waals surface area contributed by atoms with Gasteiger partial charge in [0.1, 0.15) is 0 Å². The molecule has 1 unspecified atom stereocenters. The van der Waals surface area contributed by atoms with Gasteiger partial charge in [0, 0.05) is 5.02 Å². The summed E-state index contributed by atoms with van der Waals surface area (Å²) in [5, 5.41) is 3.00. The molecule has 0 amide bonds. The third kappa shape index (κ3) is 3.06. The molecule has 0 N–H and O–H groups in total. The summed E-state index contributed by atoms with van der Waals surface area (Å²) in [5.41, 5.74) is 4.92. The maximum atomic E-state index is 6.32. The van der Waals surface area contributed by atoms with Crippen molar-refractivity contribution in [2.75, 3.05) is 0 Å². The molecule has 0 aliphatic heterocycles. The van der Waals surface area contributed by atoms with Crippen LogP contribution in [0.15, 0.2) is 23.6 Å². The van der Waals surface area contributed by atoms with Crippen LogP contribution in [-0.4, -0.2) is 0 Å². The smallest absolute Gasteiger partial charge is 0.0667 e. The van der Waals surface area contributed by atoms with Crippen LogP contribution >= 0.6 is 61.5 Å². The van der Waals surface area contributed by atoms with E-state index in [1.54, 1.807) is 11.3 Å². The highest BCUT2D eigenvalue weighted by atomic mass is 127. The minimum atomic E-state index is 0.175. The van der Waals surface area contributed by atoms with E-state index < -0.39 is 0 Å². The first-order valence-electron chi connectivity index (χ1n) is 5.13. The Kier molecular flexibility index (Phi) is 4.55. The van der Waals surface area contributed by atoms with Gasteiger partial charge in [0.15, 0.2) is 0 Å². The molecule has 0 fully saturated rings. The van der Waals surface area contributed by atoms with Crippen LogP contribution in [0.2, 0.25) is 5.02 Å². The number of halogens is 3. The highest BCUT2D eigenvalue weighted by Crippen LogP contribution is 2.38. The molecule has 17 heavy (non-hydrogen) atoms. The van der Waals surface area contributed by atoms with Gasteiger partial charge >= 0.3 is 0 Å². The Hall–Kier alpha value is 0.420. The molecule has 0 saturated carbocycles. The predicted molar refractivity (Wildman–Crippen MR) is 88.7 cm³/mol. The normalized spacial score (nSPS) is 12.8. The van der Waals surface area contributed by atoms with Crippen molar-refractivity contribution in [2.45, 2.75) is 18.7 Å². The predicted octanol–water partition coefficient (Wildman–Crippen LogP) is 6.11. The molecule has 90 valence electrons. The number of rotatable bonds is 2. The molecule has 2 rings (SSSR count). The molecular weight excluding hydrogens is 430 g/mol. The minimum absolute atomic E-state index is 0.175. The van der Waals surface area contributed by atoms with Gasteiger partial charge < -0.3 is 0 Å². The molecule has 1 atom stereocenters. The molecular formula is C13H11BrClIS. The number of thiophene rings is 1. The van der Waals surface area contributed by atoms with Crippen molar-refractivity contribution < 1.29 is 0 Å². The van der Waals surface area contributed by atoms with E-state index in [-0.39, 0.29) is 4.83 Å². The third-order valence-electron chi connectivity index (χ3n) is 2.77. The van der Waals surface area contributed by atoms with Gasteiger partial charge in [-0.25, -0.2) is 0 Å². The van der Waals surface area contributed by atoms with Crippen LogP contribution in [0, 0.1) is 16.7 Å². The van der Waals surface area contributed by atoms with E-state index in [2.05, 4.69) is 69.9 Å². The van der Waals surface area contributed by atoms with Gasteiger partial charge in [-0.1, -0.05) is 33.6 Å². The molecule has 1 heterocycles. The van der Waals surface area contributed by atoms with E-state index in [1.807, 2.05) is 6.07 Å². The lowest BCUT2D eigenvalue weighted by Gasteiger charge is -2.13. The molecule has 0 aliphatic rings. The Morgan fingerprint density at radius 2 is 1.88 bits per heavy atom. The largest absolute Gasteiger partial charge is 0.137 e. The summed E-state index contributed by atoms with van der Waals surface area (Å²) in [6, 6.07) is 6.40. The van der Waals surface area contributed by atoms with Crippen molar-refractivity contribution in [1.29, 1.82) is 0 Å². The standard InChI is InChI=1S/C13H11BrClIS/c1-7-3-10(11(15)4-8(7)2)13(14)9-5-12(16)17-6-9/h3-6,13H,1-2H3. The van der Waals surface area contributed by atoms with Crippen LogP contribution < -0.4 is 0 Å². The maximum Gasteiger partial charge on any atom is 0.0667 e. The van der Waals surface area contributed by atoms with Gasteiger partial charge in [0.2, 0.25) is 0 Å². The molecule has 4 heteroatoms. The maximum absolute atomic E-state index is 6.32. The van der Waals surface area contributed by atoms with Gasteiger partial charge in [0.05, 0.1) is 7.71 Å². The fourth-order valence-electron chi connectivity index (χ4n) is 1.63. The van der Waals surface area contributed by atoms with Crippen LogP contribution in [0.1, 0.15) is 27.1 Å². The number of alkyl halides is 1. The fraction of sp³-hybridized carbons (Fsp3) is 0.231. The lowest BCUT2D eigenvalue weighted by atomic mass is 10.0. The lowest BCUT2D eigenvalue weighted by molar-refractivity contribution is 1.17. The van der Waals surface area contributed by atoms with Gasteiger partial charge in [0.25, 0.3) is 0 Å². The lowest BCUT2D eigenvalue weighted by Crippen LogP contribution is -1.94. The second-order valence-corrected chi connectivity index (χ2v) is 8.13. The number of benzene rings is 1. The van der Waals surface area contributed by atoms with Crippen LogP contribution in [0.4, 0.5) is 0 Å². The van der Waals surface area contributed by atoms with Gasteiger partial charge in [-0.15, -0.1) is 11.3 Å². The van der Waals surface area contributed by atoms with E-state index in [9.17, 15) is 0 Å². The Labute approximate surface area is 133 Å². The van der Waals surface area contributed by atoms with E-state index in [1.165, 1.54) is 19.6 Å². The molecule has 0 saturated heterocycles. The molecule has 0 aliphatic carbocycles. The minimum Gasteiger partial charge on any atom is -0.137 e. The Balaban J connectivity index is 2.43. The Morgan fingerprint density at radius 1 is 1.24 bits per heavy atom. The van der Waals surface area contributed by atoms with Crippen LogP contribution in [0.3, 0.4) is 0 Å². The summed E-state index contributed by atoms with van der Waals surface area (Å²) in [6.07, 6.45) is 0. The van der Waals surface area contributed by atoms with Crippen molar-refractivity contribution in [3.05, 3.63) is 53.7 Å². The molecule has 0 bridgehead atoms. The molecule has 0 spiro atoms. The van der Waals surface area contributed by atoms with Gasteiger partial charge in [-0.2, -0.15) is 0 Å². The van der Waals surface area contributed by atoms with Gasteiger partial charge in [-0.3, -0.25) is 0 Å². The first kappa shape index (κ1) is 13.8. The van der Waals surface area contributed by atoms with Crippen LogP contribution in [0.5, 0.6) is 0 Å². The average molecular weight is 442 g/mol. The summed E-state index contributed by atoms with van der Waals surface area (Å²) in [6.45, 7) is 4.20. The number of hydrogen-bond acceptors (Lipinski definition) is 1. The first-order valence-corrected chi connectivity index (χ1v) is 8.39. The second kappa shape index (κ2) is 5.59. The van der Waals surface area contributed by atoms with Crippen molar-refractivity contribution in [2.24, 2.45) is 0 Å². The summed E-state index contributed by atoms with van der Waals surface area (Å²) in [7, 11) is 0. The van der Waals surface area contributed by atoms with Gasteiger partial charge in [-0.05, 0) is 76.2 Å². The number of hydrogen-bond donors (Lipinski definition) is 0. The Morgan fingerprint density at radius 3 is 2.47 bits per heavy atom. The zero-order valence-electron chi connectivity index (χ0n) is 9.43. The zero-order valence-corrected chi connectivity index (χ0v) is 14.7.